The minimum absolute atomic E-state index is 0.308. The molecule has 16 heavy (non-hydrogen) atoms. The molecule has 0 aromatic heterocycles. The van der Waals surface area contributed by atoms with Crippen LogP contribution in [0.3, 0.4) is 0 Å². The zero-order chi connectivity index (χ0) is 11.4. The highest BCUT2D eigenvalue weighted by Crippen LogP contribution is 2.27. The molecule has 0 bridgehead atoms. The second-order valence-electron chi connectivity index (χ2n) is 3.97. The van der Waals surface area contributed by atoms with Crippen molar-refractivity contribution in [2.75, 3.05) is 0 Å². The number of hydrogen-bond acceptors (Lipinski definition) is 2. The predicted octanol–water partition coefficient (Wildman–Crippen LogP) is 2.88. The number of alkyl carbamates (subject to hydrolysis) is 1. The molecule has 86 valence electrons. The molecule has 3 nitrogen and oxygen atoms in total. The van der Waals surface area contributed by atoms with E-state index in [0.717, 1.165) is 18.4 Å². The number of nitrogens with one attached hydrogen (secondary N) is 1. The van der Waals surface area contributed by atoms with Gasteiger partial charge in [0.15, 0.2) is 0 Å². The van der Waals surface area contributed by atoms with Crippen LogP contribution in [0.1, 0.15) is 18.4 Å². The third kappa shape index (κ3) is 3.37. The number of rotatable bonds is 3. The summed E-state index contributed by atoms with van der Waals surface area (Å²) in [6.07, 6.45) is 1.80. The van der Waals surface area contributed by atoms with Gasteiger partial charge in [0.1, 0.15) is 6.61 Å². The lowest BCUT2D eigenvalue weighted by molar-refractivity contribution is 0.131. The number of carbonyl (C=O) groups excluding carboxylic acids is 1. The first-order chi connectivity index (χ1) is 7.74. The van der Waals surface area contributed by atoms with Crippen molar-refractivity contribution in [3.63, 3.8) is 0 Å². The molecule has 0 atom stereocenters. The van der Waals surface area contributed by atoms with Gasteiger partial charge in [-0.3, -0.25) is 0 Å². The SMILES string of the molecule is O=C(NC1CC(I)C1)OCc1ccccc1. The van der Waals surface area contributed by atoms with E-state index in [1.54, 1.807) is 0 Å². The molecule has 1 fully saturated rings. The Morgan fingerprint density at radius 3 is 2.69 bits per heavy atom. The highest BCUT2D eigenvalue weighted by atomic mass is 127. The topological polar surface area (TPSA) is 38.3 Å². The van der Waals surface area contributed by atoms with Crippen LogP contribution in [0.5, 0.6) is 0 Å². The van der Waals surface area contributed by atoms with Gasteiger partial charge in [0.25, 0.3) is 0 Å². The Bertz CT molecular complexity index is 349. The van der Waals surface area contributed by atoms with Gasteiger partial charge in [-0.1, -0.05) is 52.9 Å². The van der Waals surface area contributed by atoms with Gasteiger partial charge in [0, 0.05) is 9.97 Å². The van der Waals surface area contributed by atoms with E-state index in [9.17, 15) is 4.79 Å². The molecule has 0 unspecified atom stereocenters. The number of benzene rings is 1. The standard InChI is InChI=1S/C12H14INO2/c13-10-6-11(7-10)14-12(15)16-8-9-4-2-1-3-5-9/h1-5,10-11H,6-8H2,(H,14,15). The van der Waals surface area contributed by atoms with Crippen molar-refractivity contribution >= 4 is 28.7 Å². The molecule has 0 heterocycles. The number of halogens is 1. The molecule has 0 radical (unpaired) electrons. The molecule has 1 aliphatic rings. The number of carbonyl (C=O) groups is 1. The second-order valence-corrected chi connectivity index (χ2v) is 5.73. The minimum atomic E-state index is -0.308. The first-order valence-electron chi connectivity index (χ1n) is 5.35. The molecule has 1 saturated carbocycles. The summed E-state index contributed by atoms with van der Waals surface area (Å²) >= 11 is 2.39. The summed E-state index contributed by atoms with van der Waals surface area (Å²) in [7, 11) is 0. The molecule has 1 amide bonds. The smallest absolute Gasteiger partial charge is 0.407 e. The highest BCUT2D eigenvalue weighted by Gasteiger charge is 2.28. The van der Waals surface area contributed by atoms with E-state index in [-0.39, 0.29) is 6.09 Å². The zero-order valence-electron chi connectivity index (χ0n) is 8.86. The zero-order valence-corrected chi connectivity index (χ0v) is 11.0. The Labute approximate surface area is 109 Å². The van der Waals surface area contributed by atoms with Crippen molar-refractivity contribution < 1.29 is 9.53 Å². The number of alkyl halides is 1. The van der Waals surface area contributed by atoms with E-state index in [1.807, 2.05) is 30.3 Å². The van der Waals surface area contributed by atoms with Crippen LogP contribution in [-0.2, 0) is 11.3 Å². The van der Waals surface area contributed by atoms with Crippen LogP contribution < -0.4 is 5.32 Å². The maximum Gasteiger partial charge on any atom is 0.407 e. The van der Waals surface area contributed by atoms with Crippen LogP contribution in [0.15, 0.2) is 30.3 Å². The lowest BCUT2D eigenvalue weighted by Gasteiger charge is -2.31. The lowest BCUT2D eigenvalue weighted by Crippen LogP contribution is -2.44. The molecule has 1 aliphatic carbocycles. The molecule has 4 heteroatoms. The maximum atomic E-state index is 11.4. The van der Waals surface area contributed by atoms with Gasteiger partial charge < -0.3 is 10.1 Å². The molecule has 1 aromatic carbocycles. The summed E-state index contributed by atoms with van der Waals surface area (Å²) < 4.78 is 5.82. The molecule has 1 aromatic rings. The lowest BCUT2D eigenvalue weighted by atomic mass is 9.93. The Kier molecular flexibility index (Phi) is 4.04. The maximum absolute atomic E-state index is 11.4. The molecular formula is C12H14INO2. The molecule has 1 N–H and O–H groups in total. The van der Waals surface area contributed by atoms with Crippen molar-refractivity contribution in [1.29, 1.82) is 0 Å². The number of ether oxygens (including phenoxy) is 1. The first kappa shape index (κ1) is 11.7. The number of hydrogen-bond donors (Lipinski definition) is 1. The van der Waals surface area contributed by atoms with Crippen molar-refractivity contribution in [2.45, 2.75) is 29.4 Å². The Balaban J connectivity index is 1.68. The fourth-order valence-electron chi connectivity index (χ4n) is 1.60. The Hall–Kier alpha value is -0.780. The summed E-state index contributed by atoms with van der Waals surface area (Å²) in [6, 6.07) is 10.0. The molecule has 2 rings (SSSR count). The van der Waals surface area contributed by atoms with Crippen LogP contribution >= 0.6 is 22.6 Å². The van der Waals surface area contributed by atoms with E-state index in [1.165, 1.54) is 0 Å². The van der Waals surface area contributed by atoms with Crippen LogP contribution in [0.25, 0.3) is 0 Å². The summed E-state index contributed by atoms with van der Waals surface area (Å²) in [4.78, 5) is 11.4. The van der Waals surface area contributed by atoms with E-state index < -0.39 is 0 Å². The van der Waals surface area contributed by atoms with E-state index >= 15 is 0 Å². The third-order valence-electron chi connectivity index (χ3n) is 2.62. The first-order valence-corrected chi connectivity index (χ1v) is 6.60. The van der Waals surface area contributed by atoms with Gasteiger partial charge in [0.2, 0.25) is 0 Å². The fourth-order valence-corrected chi connectivity index (χ4v) is 2.83. The van der Waals surface area contributed by atoms with Gasteiger partial charge in [-0.15, -0.1) is 0 Å². The highest BCUT2D eigenvalue weighted by molar-refractivity contribution is 14.1. The fraction of sp³-hybridized carbons (Fsp3) is 0.417. The third-order valence-corrected chi connectivity index (χ3v) is 3.63. The summed E-state index contributed by atoms with van der Waals surface area (Å²) in [6.45, 7) is 0.340. The van der Waals surface area contributed by atoms with Crippen LogP contribution in [0.2, 0.25) is 0 Å². The molecule has 0 aliphatic heterocycles. The average Bonchev–Trinajstić information content (AvgIpc) is 2.26. The van der Waals surface area contributed by atoms with E-state index in [2.05, 4.69) is 27.9 Å². The largest absolute Gasteiger partial charge is 0.445 e. The molecule has 0 saturated heterocycles. The van der Waals surface area contributed by atoms with Crippen LogP contribution in [-0.4, -0.2) is 16.1 Å². The van der Waals surface area contributed by atoms with Gasteiger partial charge in [0.05, 0.1) is 0 Å². The van der Waals surface area contributed by atoms with Crippen LogP contribution in [0.4, 0.5) is 4.79 Å². The second kappa shape index (κ2) is 5.52. The Morgan fingerprint density at radius 2 is 2.06 bits per heavy atom. The van der Waals surface area contributed by atoms with Crippen molar-refractivity contribution in [1.82, 2.24) is 5.32 Å². The van der Waals surface area contributed by atoms with Gasteiger partial charge in [-0.05, 0) is 18.4 Å². The average molecular weight is 331 g/mol. The molecular weight excluding hydrogens is 317 g/mol. The van der Waals surface area contributed by atoms with Gasteiger partial charge in [-0.2, -0.15) is 0 Å². The summed E-state index contributed by atoms with van der Waals surface area (Å²) in [5, 5.41) is 2.85. The van der Waals surface area contributed by atoms with E-state index in [0.29, 0.717) is 16.6 Å². The summed E-state index contributed by atoms with van der Waals surface area (Å²) in [5.74, 6) is 0. The quantitative estimate of drug-likeness (QED) is 0.683. The molecule has 0 spiro atoms. The summed E-state index contributed by atoms with van der Waals surface area (Å²) in [5.41, 5.74) is 1.01. The van der Waals surface area contributed by atoms with Gasteiger partial charge in [-0.25, -0.2) is 4.79 Å². The van der Waals surface area contributed by atoms with Crippen molar-refractivity contribution in [3.8, 4) is 0 Å². The number of amides is 1. The normalized spacial score (nSPS) is 23.3. The monoisotopic (exact) mass is 331 g/mol. The van der Waals surface area contributed by atoms with E-state index in [4.69, 9.17) is 4.74 Å². The van der Waals surface area contributed by atoms with Crippen molar-refractivity contribution in [2.24, 2.45) is 0 Å². The van der Waals surface area contributed by atoms with Crippen molar-refractivity contribution in [3.05, 3.63) is 35.9 Å². The minimum Gasteiger partial charge on any atom is -0.445 e. The van der Waals surface area contributed by atoms with Gasteiger partial charge >= 0.3 is 6.09 Å². The Morgan fingerprint density at radius 1 is 1.38 bits per heavy atom. The predicted molar refractivity (Wildman–Crippen MR) is 70.6 cm³/mol. The van der Waals surface area contributed by atoms with Crippen LogP contribution in [0, 0.1) is 0 Å².